The first kappa shape index (κ1) is 22.6. The molecule has 8 heteroatoms. The molecule has 154 valence electrons. The molecule has 0 aromatic heterocycles. The highest BCUT2D eigenvalue weighted by Gasteiger charge is 2.18. The van der Waals surface area contributed by atoms with Gasteiger partial charge >= 0.3 is 5.97 Å². The number of ketones is 1. The molecule has 0 aliphatic carbocycles. The van der Waals surface area contributed by atoms with Crippen molar-refractivity contribution in [3.05, 3.63) is 106 Å². The lowest BCUT2D eigenvalue weighted by atomic mass is 9.97. The quantitative estimate of drug-likeness (QED) is 0.293. The summed E-state index contributed by atoms with van der Waals surface area (Å²) in [5.41, 5.74) is 2.07. The number of carboxylic acids is 1. The molecule has 3 aromatic rings. The number of carbonyl (C=O) groups excluding carboxylic acids is 1. The van der Waals surface area contributed by atoms with Crippen LogP contribution in [0.15, 0.2) is 78.9 Å². The molecule has 0 amide bonds. The Hall–Kier alpha value is -3.71. The smallest absolute Gasteiger partial charge is 0.335 e. The standard InChI is InChI=1S/C22H18N2O5.ClH/c25-21(16-8-12-19(13-9-16)24(28)29)14-20(15-4-2-1-3-5-15)23-18-10-6-17(7-11-18)22(26)27;/h1-13,20,23H,14H2,(H,26,27);1H. The number of benzene rings is 3. The molecule has 1 atom stereocenters. The molecule has 3 aromatic carbocycles. The zero-order valence-electron chi connectivity index (χ0n) is 15.7. The van der Waals surface area contributed by atoms with Gasteiger partial charge in [0.2, 0.25) is 0 Å². The van der Waals surface area contributed by atoms with Crippen LogP contribution in [0.5, 0.6) is 0 Å². The Morgan fingerprint density at radius 3 is 2.00 bits per heavy atom. The number of anilines is 1. The van der Waals surface area contributed by atoms with Gasteiger partial charge in [-0.25, -0.2) is 4.79 Å². The van der Waals surface area contributed by atoms with Crippen molar-refractivity contribution in [2.45, 2.75) is 12.5 Å². The molecule has 0 saturated carbocycles. The van der Waals surface area contributed by atoms with Gasteiger partial charge in [-0.3, -0.25) is 14.9 Å². The van der Waals surface area contributed by atoms with E-state index in [9.17, 15) is 19.7 Å². The van der Waals surface area contributed by atoms with Crippen LogP contribution in [-0.2, 0) is 0 Å². The monoisotopic (exact) mass is 426 g/mol. The lowest BCUT2D eigenvalue weighted by Crippen LogP contribution is -2.16. The van der Waals surface area contributed by atoms with Crippen LogP contribution in [0.2, 0.25) is 0 Å². The number of nitrogens with zero attached hydrogens (tertiary/aromatic N) is 1. The molecule has 0 aliphatic heterocycles. The largest absolute Gasteiger partial charge is 0.478 e. The molecule has 7 nitrogen and oxygen atoms in total. The third-order valence-electron chi connectivity index (χ3n) is 4.46. The number of hydrogen-bond donors (Lipinski definition) is 2. The summed E-state index contributed by atoms with van der Waals surface area (Å²) >= 11 is 0. The van der Waals surface area contributed by atoms with Crippen LogP contribution in [0, 0.1) is 10.1 Å². The predicted molar refractivity (Wildman–Crippen MR) is 115 cm³/mol. The molecule has 30 heavy (non-hydrogen) atoms. The Bertz CT molecular complexity index is 1020. The summed E-state index contributed by atoms with van der Waals surface area (Å²) in [7, 11) is 0. The number of carbonyl (C=O) groups is 2. The van der Waals surface area contributed by atoms with Crippen molar-refractivity contribution < 1.29 is 19.6 Å². The van der Waals surface area contributed by atoms with Gasteiger partial charge in [-0.05, 0) is 42.0 Å². The molecule has 1 unspecified atom stereocenters. The van der Waals surface area contributed by atoms with Gasteiger partial charge in [0.25, 0.3) is 5.69 Å². The van der Waals surface area contributed by atoms with Gasteiger partial charge in [0.05, 0.1) is 16.5 Å². The number of nitro benzene ring substituents is 1. The Morgan fingerprint density at radius 1 is 0.900 bits per heavy atom. The summed E-state index contributed by atoms with van der Waals surface area (Å²) < 4.78 is 0. The van der Waals surface area contributed by atoms with Crippen LogP contribution < -0.4 is 5.32 Å². The second-order valence-electron chi connectivity index (χ2n) is 6.42. The molecule has 0 saturated heterocycles. The molecular formula is C22H19ClN2O5. The van der Waals surface area contributed by atoms with E-state index in [1.165, 1.54) is 36.4 Å². The van der Waals surface area contributed by atoms with Crippen molar-refractivity contribution in [2.75, 3.05) is 5.32 Å². The number of aromatic carboxylic acids is 1. The fourth-order valence-electron chi connectivity index (χ4n) is 2.92. The minimum absolute atomic E-state index is 0. The van der Waals surface area contributed by atoms with Crippen molar-refractivity contribution in [2.24, 2.45) is 0 Å². The lowest BCUT2D eigenvalue weighted by Gasteiger charge is -2.20. The number of hydrogen-bond acceptors (Lipinski definition) is 5. The van der Waals surface area contributed by atoms with Gasteiger partial charge in [0.15, 0.2) is 5.78 Å². The topological polar surface area (TPSA) is 110 Å². The van der Waals surface area contributed by atoms with Gasteiger partial charge in [0.1, 0.15) is 0 Å². The van der Waals surface area contributed by atoms with Gasteiger partial charge in [-0.2, -0.15) is 0 Å². The van der Waals surface area contributed by atoms with Crippen LogP contribution in [0.4, 0.5) is 11.4 Å². The van der Waals surface area contributed by atoms with Crippen molar-refractivity contribution in [3.63, 3.8) is 0 Å². The number of carboxylic acid groups (broad SMARTS) is 1. The maximum atomic E-state index is 12.8. The molecule has 0 radical (unpaired) electrons. The highest BCUT2D eigenvalue weighted by Crippen LogP contribution is 2.25. The molecule has 2 N–H and O–H groups in total. The third-order valence-corrected chi connectivity index (χ3v) is 4.46. The summed E-state index contributed by atoms with van der Waals surface area (Å²) in [4.78, 5) is 34.1. The minimum Gasteiger partial charge on any atom is -0.478 e. The molecule has 0 bridgehead atoms. The summed E-state index contributed by atoms with van der Waals surface area (Å²) in [5.74, 6) is -1.17. The number of Topliss-reactive ketones (excluding diaryl/α,β-unsaturated/α-hetero) is 1. The number of rotatable bonds is 8. The van der Waals surface area contributed by atoms with Crippen LogP contribution in [0.1, 0.15) is 38.7 Å². The maximum absolute atomic E-state index is 12.8. The second kappa shape index (κ2) is 10.2. The van der Waals surface area contributed by atoms with E-state index < -0.39 is 10.9 Å². The van der Waals surface area contributed by atoms with E-state index in [0.29, 0.717) is 11.3 Å². The number of halogens is 1. The lowest BCUT2D eigenvalue weighted by molar-refractivity contribution is -0.384. The number of nitro groups is 1. The van der Waals surface area contributed by atoms with Crippen LogP contribution >= 0.6 is 12.4 Å². The van der Waals surface area contributed by atoms with Crippen LogP contribution in [-0.4, -0.2) is 21.8 Å². The first-order valence-electron chi connectivity index (χ1n) is 8.86. The summed E-state index contributed by atoms with van der Waals surface area (Å²) in [5, 5.41) is 23.1. The number of non-ortho nitro benzene ring substituents is 1. The van der Waals surface area contributed by atoms with E-state index in [2.05, 4.69) is 5.32 Å². The summed E-state index contributed by atoms with van der Waals surface area (Å²) in [6.07, 6.45) is 0.127. The van der Waals surface area contributed by atoms with E-state index >= 15 is 0 Å². The normalized spacial score (nSPS) is 11.1. The van der Waals surface area contributed by atoms with E-state index in [0.717, 1.165) is 5.56 Å². The average Bonchev–Trinajstić information content (AvgIpc) is 2.74. The number of nitrogens with one attached hydrogen (secondary N) is 1. The van der Waals surface area contributed by atoms with Gasteiger partial charge < -0.3 is 10.4 Å². The van der Waals surface area contributed by atoms with Gasteiger partial charge in [-0.15, -0.1) is 12.4 Å². The zero-order chi connectivity index (χ0) is 20.8. The second-order valence-corrected chi connectivity index (χ2v) is 6.42. The van der Waals surface area contributed by atoms with Crippen molar-refractivity contribution in [1.29, 1.82) is 0 Å². The highest BCUT2D eigenvalue weighted by molar-refractivity contribution is 5.97. The van der Waals surface area contributed by atoms with E-state index in [1.54, 1.807) is 12.1 Å². The Labute approximate surface area is 178 Å². The Morgan fingerprint density at radius 2 is 1.47 bits per heavy atom. The molecular weight excluding hydrogens is 408 g/mol. The SMILES string of the molecule is Cl.O=C(O)c1ccc(NC(CC(=O)c2ccc([N+](=O)[O-])cc2)c2ccccc2)cc1. The average molecular weight is 427 g/mol. The first-order valence-corrected chi connectivity index (χ1v) is 8.86. The predicted octanol–water partition coefficient (Wildman–Crippen LogP) is 5.14. The van der Waals surface area contributed by atoms with Gasteiger partial charge in [-0.1, -0.05) is 30.3 Å². The Kier molecular flexibility index (Phi) is 7.66. The molecule has 0 heterocycles. The maximum Gasteiger partial charge on any atom is 0.335 e. The third kappa shape index (κ3) is 5.65. The highest BCUT2D eigenvalue weighted by atomic mass is 35.5. The molecule has 0 spiro atoms. The van der Waals surface area contributed by atoms with Gasteiger partial charge in [0, 0.05) is 29.8 Å². The zero-order valence-corrected chi connectivity index (χ0v) is 16.5. The minimum atomic E-state index is -1.01. The van der Waals surface area contributed by atoms with Crippen LogP contribution in [0.3, 0.4) is 0 Å². The Balaban J connectivity index is 0.00000320. The summed E-state index contributed by atoms with van der Waals surface area (Å²) in [6.45, 7) is 0. The van der Waals surface area contributed by atoms with Crippen LogP contribution in [0.25, 0.3) is 0 Å². The fourth-order valence-corrected chi connectivity index (χ4v) is 2.92. The fraction of sp³-hybridized carbons (Fsp3) is 0.0909. The van der Waals surface area contributed by atoms with E-state index in [-0.39, 0.29) is 41.9 Å². The molecule has 0 aliphatic rings. The van der Waals surface area contributed by atoms with Crippen molar-refractivity contribution in [1.82, 2.24) is 0 Å². The molecule has 0 fully saturated rings. The van der Waals surface area contributed by atoms with Crippen molar-refractivity contribution in [3.8, 4) is 0 Å². The van der Waals surface area contributed by atoms with E-state index in [4.69, 9.17) is 5.11 Å². The first-order chi connectivity index (χ1) is 13.9. The van der Waals surface area contributed by atoms with E-state index in [1.807, 2.05) is 30.3 Å². The van der Waals surface area contributed by atoms with Crippen molar-refractivity contribution >= 4 is 35.5 Å². The molecule has 3 rings (SSSR count). The summed E-state index contributed by atoms with van der Waals surface area (Å²) in [6, 6.07) is 20.8.